The third-order valence-corrected chi connectivity index (χ3v) is 1.96. The lowest BCUT2D eigenvalue weighted by molar-refractivity contribution is 0.884. The van der Waals surface area contributed by atoms with Gasteiger partial charge in [0.2, 0.25) is 0 Å². The van der Waals surface area contributed by atoms with E-state index in [1.807, 2.05) is 25.5 Å². The first-order chi connectivity index (χ1) is 6.20. The summed E-state index contributed by atoms with van der Waals surface area (Å²) in [5.74, 6) is 0. The predicted octanol–water partition coefficient (Wildman–Crippen LogP) is 3.64. The molecule has 74 valence electrons. The number of aromatic amines is 1. The molecule has 0 saturated carbocycles. The molecule has 0 aromatic carbocycles. The van der Waals surface area contributed by atoms with Crippen LogP contribution in [0.3, 0.4) is 0 Å². The van der Waals surface area contributed by atoms with Crippen molar-refractivity contribution in [2.45, 2.75) is 13.8 Å². The molecule has 0 bridgehead atoms. The zero-order valence-electron chi connectivity index (χ0n) is 8.42. The first kappa shape index (κ1) is 11.9. The number of aromatic nitrogens is 2. The summed E-state index contributed by atoms with van der Waals surface area (Å²) < 4.78 is 2.55. The van der Waals surface area contributed by atoms with Gasteiger partial charge in [-0.2, -0.15) is 0 Å². The SMILES string of the molecule is C=Cc1[nH]c(=S)n(C)c1C=C.CC.[HH]. The highest BCUT2D eigenvalue weighted by Gasteiger charge is 2.00. The summed E-state index contributed by atoms with van der Waals surface area (Å²) in [6.07, 6.45) is 3.48. The van der Waals surface area contributed by atoms with E-state index in [0.717, 1.165) is 11.4 Å². The average molecular weight is 198 g/mol. The van der Waals surface area contributed by atoms with Gasteiger partial charge < -0.3 is 9.55 Å². The lowest BCUT2D eigenvalue weighted by atomic mass is 10.3. The van der Waals surface area contributed by atoms with Gasteiger partial charge in [0.15, 0.2) is 4.77 Å². The van der Waals surface area contributed by atoms with Gasteiger partial charge in [-0.05, 0) is 24.4 Å². The van der Waals surface area contributed by atoms with Crippen LogP contribution < -0.4 is 0 Å². The van der Waals surface area contributed by atoms with Crippen molar-refractivity contribution >= 4 is 24.4 Å². The van der Waals surface area contributed by atoms with Gasteiger partial charge in [0.25, 0.3) is 0 Å². The molecule has 1 N–H and O–H groups in total. The minimum Gasteiger partial charge on any atom is -0.331 e. The van der Waals surface area contributed by atoms with Crippen molar-refractivity contribution < 1.29 is 1.43 Å². The Balaban J connectivity index is 0. The largest absolute Gasteiger partial charge is 0.331 e. The zero-order valence-corrected chi connectivity index (χ0v) is 9.24. The highest BCUT2D eigenvalue weighted by atomic mass is 32.1. The molecule has 1 aromatic heterocycles. The van der Waals surface area contributed by atoms with Crippen molar-refractivity contribution in [3.05, 3.63) is 29.3 Å². The van der Waals surface area contributed by atoms with Crippen LogP contribution in [0, 0.1) is 4.77 Å². The van der Waals surface area contributed by atoms with E-state index < -0.39 is 0 Å². The molecule has 0 saturated heterocycles. The Kier molecular flexibility index (Phi) is 5.07. The van der Waals surface area contributed by atoms with Gasteiger partial charge in [-0.1, -0.05) is 27.0 Å². The van der Waals surface area contributed by atoms with Crippen molar-refractivity contribution in [2.24, 2.45) is 7.05 Å². The predicted molar refractivity (Wildman–Crippen MR) is 64.2 cm³/mol. The van der Waals surface area contributed by atoms with Crippen LogP contribution in [0.2, 0.25) is 0 Å². The molecule has 0 aliphatic heterocycles. The monoisotopic (exact) mass is 198 g/mol. The number of nitrogens with one attached hydrogen (secondary N) is 1. The Morgan fingerprint density at radius 2 is 1.92 bits per heavy atom. The van der Waals surface area contributed by atoms with E-state index in [9.17, 15) is 0 Å². The Bertz CT molecular complexity index is 349. The van der Waals surface area contributed by atoms with Crippen LogP contribution in [0.1, 0.15) is 26.7 Å². The van der Waals surface area contributed by atoms with E-state index in [-0.39, 0.29) is 1.43 Å². The van der Waals surface area contributed by atoms with Gasteiger partial charge in [-0.25, -0.2) is 0 Å². The van der Waals surface area contributed by atoms with Gasteiger partial charge in [-0.15, -0.1) is 0 Å². The zero-order chi connectivity index (χ0) is 10.4. The van der Waals surface area contributed by atoms with E-state index in [1.165, 1.54) is 0 Å². The number of hydrogen-bond donors (Lipinski definition) is 1. The molecule has 13 heavy (non-hydrogen) atoms. The second kappa shape index (κ2) is 5.54. The summed E-state index contributed by atoms with van der Waals surface area (Å²) in [4.78, 5) is 3.00. The van der Waals surface area contributed by atoms with Crippen molar-refractivity contribution in [1.29, 1.82) is 0 Å². The van der Waals surface area contributed by atoms with E-state index in [1.54, 1.807) is 12.2 Å². The topological polar surface area (TPSA) is 20.7 Å². The molecule has 0 unspecified atom stereocenters. The van der Waals surface area contributed by atoms with E-state index in [4.69, 9.17) is 12.2 Å². The van der Waals surface area contributed by atoms with Gasteiger partial charge in [0, 0.05) is 8.47 Å². The number of H-pyrrole nitrogens is 1. The summed E-state index contributed by atoms with van der Waals surface area (Å²) in [5.41, 5.74) is 1.90. The summed E-state index contributed by atoms with van der Waals surface area (Å²) in [7, 11) is 1.89. The van der Waals surface area contributed by atoms with E-state index >= 15 is 0 Å². The molecule has 1 heterocycles. The first-order valence-electron chi connectivity index (χ1n) is 4.24. The van der Waals surface area contributed by atoms with Gasteiger partial charge in [0.1, 0.15) is 0 Å². The summed E-state index contributed by atoms with van der Waals surface area (Å²) in [5, 5.41) is 0. The second-order valence-electron chi connectivity index (χ2n) is 2.20. The molecule has 0 fully saturated rings. The van der Waals surface area contributed by atoms with Gasteiger partial charge in [-0.3, -0.25) is 0 Å². The minimum atomic E-state index is 0. The minimum absolute atomic E-state index is 0. The van der Waals surface area contributed by atoms with Crippen molar-refractivity contribution in [2.75, 3.05) is 0 Å². The van der Waals surface area contributed by atoms with E-state index in [0.29, 0.717) is 4.77 Å². The molecule has 3 heteroatoms. The van der Waals surface area contributed by atoms with Crippen LogP contribution in [0.4, 0.5) is 0 Å². The summed E-state index contributed by atoms with van der Waals surface area (Å²) in [6.45, 7) is 11.3. The third kappa shape index (κ3) is 2.42. The molecule has 0 amide bonds. The molecular formula is C10H18N2S. The van der Waals surface area contributed by atoms with Gasteiger partial charge >= 0.3 is 0 Å². The molecule has 0 aliphatic carbocycles. The standard InChI is InChI=1S/C8H10N2S.C2H6.H2/c1-4-6-7(5-2)10(3)8(11)9-6;1-2;/h4-5H,1-2H2,3H3,(H,9,11);1-2H3;1H. The summed E-state index contributed by atoms with van der Waals surface area (Å²) >= 11 is 5.01. The Morgan fingerprint density at radius 3 is 2.23 bits per heavy atom. The Labute approximate surface area is 86.1 Å². The van der Waals surface area contributed by atoms with Crippen molar-refractivity contribution in [3.8, 4) is 0 Å². The van der Waals surface area contributed by atoms with Crippen LogP contribution in [0.5, 0.6) is 0 Å². The van der Waals surface area contributed by atoms with Crippen molar-refractivity contribution in [3.63, 3.8) is 0 Å². The molecule has 0 atom stereocenters. The molecular weight excluding hydrogens is 180 g/mol. The summed E-state index contributed by atoms with van der Waals surface area (Å²) in [6, 6.07) is 0. The van der Waals surface area contributed by atoms with Crippen LogP contribution in [0.25, 0.3) is 12.2 Å². The molecule has 0 radical (unpaired) electrons. The highest BCUT2D eigenvalue weighted by molar-refractivity contribution is 7.71. The molecule has 1 rings (SSSR count). The first-order valence-corrected chi connectivity index (χ1v) is 4.65. The Hall–Kier alpha value is -1.09. The molecule has 2 nitrogen and oxygen atoms in total. The Morgan fingerprint density at radius 1 is 1.38 bits per heavy atom. The number of rotatable bonds is 2. The molecule has 0 spiro atoms. The average Bonchev–Trinajstić information content (AvgIpc) is 2.46. The number of hydrogen-bond acceptors (Lipinski definition) is 1. The molecule has 0 aliphatic rings. The fourth-order valence-corrected chi connectivity index (χ4v) is 1.16. The van der Waals surface area contributed by atoms with E-state index in [2.05, 4.69) is 18.1 Å². The maximum atomic E-state index is 5.01. The maximum Gasteiger partial charge on any atom is 0.177 e. The number of nitrogens with zero attached hydrogens (tertiary/aromatic N) is 1. The second-order valence-corrected chi connectivity index (χ2v) is 2.58. The smallest absolute Gasteiger partial charge is 0.177 e. The maximum absolute atomic E-state index is 5.01. The lowest BCUT2D eigenvalue weighted by Crippen LogP contribution is -1.89. The van der Waals surface area contributed by atoms with Crippen LogP contribution in [-0.4, -0.2) is 9.55 Å². The quantitative estimate of drug-likeness (QED) is 0.719. The molecule has 1 aromatic rings. The van der Waals surface area contributed by atoms with Gasteiger partial charge in [0.05, 0.1) is 11.4 Å². The van der Waals surface area contributed by atoms with Crippen LogP contribution >= 0.6 is 12.2 Å². The van der Waals surface area contributed by atoms with Crippen LogP contribution in [0.15, 0.2) is 13.2 Å². The normalized spacial score (nSPS) is 8.54. The third-order valence-electron chi connectivity index (χ3n) is 1.58. The number of imidazole rings is 1. The lowest BCUT2D eigenvalue weighted by Gasteiger charge is -1.94. The van der Waals surface area contributed by atoms with Crippen LogP contribution in [-0.2, 0) is 7.05 Å². The fourth-order valence-electron chi connectivity index (χ4n) is 0.956. The highest BCUT2D eigenvalue weighted by Crippen LogP contribution is 2.09. The van der Waals surface area contributed by atoms with Crippen molar-refractivity contribution in [1.82, 2.24) is 9.55 Å². The fraction of sp³-hybridized carbons (Fsp3) is 0.300.